The van der Waals surface area contributed by atoms with Crippen LogP contribution >= 0.6 is 11.6 Å². The molecule has 80 valence electrons. The van der Waals surface area contributed by atoms with Gasteiger partial charge >= 0.3 is 0 Å². The van der Waals surface area contributed by atoms with Gasteiger partial charge < -0.3 is 15.4 Å². The first-order chi connectivity index (χ1) is 7.13. The largest absolute Gasteiger partial charge is 0.387 e. The number of rotatable bonds is 2. The van der Waals surface area contributed by atoms with Gasteiger partial charge in [-0.2, -0.15) is 0 Å². The molecule has 15 heavy (non-hydrogen) atoms. The number of benzene rings is 1. The average Bonchev–Trinajstić information content (AvgIpc) is 2.59. The molecule has 0 aliphatic carbocycles. The van der Waals surface area contributed by atoms with Crippen LogP contribution in [0, 0.1) is 0 Å². The standard InChI is InChI=1S/C10H12ClN3O/c1-14-5-13-8-3-6(9(15)4-12)2-7(11)10(8)14/h2-3,5,9,15H,4,12H2,1H3. The summed E-state index contributed by atoms with van der Waals surface area (Å²) >= 11 is 6.10. The summed E-state index contributed by atoms with van der Waals surface area (Å²) in [7, 11) is 1.88. The summed E-state index contributed by atoms with van der Waals surface area (Å²) in [6, 6.07) is 3.53. The molecular weight excluding hydrogens is 214 g/mol. The molecule has 4 nitrogen and oxygen atoms in total. The van der Waals surface area contributed by atoms with E-state index in [0.717, 1.165) is 11.0 Å². The molecule has 0 spiro atoms. The van der Waals surface area contributed by atoms with Crippen molar-refractivity contribution >= 4 is 22.6 Å². The van der Waals surface area contributed by atoms with Gasteiger partial charge in [0, 0.05) is 13.6 Å². The molecule has 1 aromatic heterocycles. The fourth-order valence-corrected chi connectivity index (χ4v) is 1.94. The third kappa shape index (κ3) is 1.71. The molecule has 3 N–H and O–H groups in total. The average molecular weight is 226 g/mol. The number of fused-ring (bicyclic) bond motifs is 1. The van der Waals surface area contributed by atoms with Gasteiger partial charge in [0.25, 0.3) is 0 Å². The Morgan fingerprint density at radius 3 is 3.00 bits per heavy atom. The zero-order valence-electron chi connectivity index (χ0n) is 8.31. The number of nitrogens with zero attached hydrogens (tertiary/aromatic N) is 2. The summed E-state index contributed by atoms with van der Waals surface area (Å²) in [5, 5.41) is 10.2. The van der Waals surface area contributed by atoms with Crippen molar-refractivity contribution in [3.63, 3.8) is 0 Å². The highest BCUT2D eigenvalue weighted by molar-refractivity contribution is 6.35. The van der Waals surface area contributed by atoms with Crippen LogP contribution in [0.3, 0.4) is 0 Å². The monoisotopic (exact) mass is 225 g/mol. The summed E-state index contributed by atoms with van der Waals surface area (Å²) in [4.78, 5) is 4.18. The molecule has 1 unspecified atom stereocenters. The Hall–Kier alpha value is -1.10. The molecule has 2 rings (SSSR count). The fraction of sp³-hybridized carbons (Fsp3) is 0.300. The maximum atomic E-state index is 9.60. The number of hydrogen-bond donors (Lipinski definition) is 2. The van der Waals surface area contributed by atoms with E-state index < -0.39 is 6.10 Å². The van der Waals surface area contributed by atoms with E-state index in [1.807, 2.05) is 11.6 Å². The van der Waals surface area contributed by atoms with Gasteiger partial charge in [-0.1, -0.05) is 11.6 Å². The molecule has 2 aromatic rings. The van der Waals surface area contributed by atoms with Gasteiger partial charge in [-0.3, -0.25) is 0 Å². The van der Waals surface area contributed by atoms with Crippen LogP contribution in [0.5, 0.6) is 0 Å². The second-order valence-corrected chi connectivity index (χ2v) is 3.88. The van der Waals surface area contributed by atoms with Crippen molar-refractivity contribution < 1.29 is 5.11 Å². The molecule has 0 fully saturated rings. The van der Waals surface area contributed by atoms with Crippen molar-refractivity contribution in [1.29, 1.82) is 0 Å². The molecule has 5 heteroatoms. The molecule has 0 aliphatic heterocycles. The number of nitrogens with two attached hydrogens (primary N) is 1. The molecular formula is C10H12ClN3O. The van der Waals surface area contributed by atoms with E-state index in [-0.39, 0.29) is 6.54 Å². The minimum atomic E-state index is -0.686. The number of aryl methyl sites for hydroxylation is 1. The van der Waals surface area contributed by atoms with E-state index in [4.69, 9.17) is 17.3 Å². The lowest BCUT2D eigenvalue weighted by atomic mass is 10.1. The predicted octanol–water partition coefficient (Wildman–Crippen LogP) is 1.22. The summed E-state index contributed by atoms with van der Waals surface area (Å²) in [6.07, 6.45) is 1.00. The third-order valence-corrected chi connectivity index (χ3v) is 2.68. The van der Waals surface area contributed by atoms with Crippen molar-refractivity contribution in [1.82, 2.24) is 9.55 Å². The first-order valence-corrected chi connectivity index (χ1v) is 5.00. The van der Waals surface area contributed by atoms with Crippen molar-refractivity contribution in [3.05, 3.63) is 29.0 Å². The van der Waals surface area contributed by atoms with Crippen LogP contribution in [0.15, 0.2) is 18.5 Å². The summed E-state index contributed by atoms with van der Waals surface area (Å²) < 4.78 is 1.84. The van der Waals surface area contributed by atoms with E-state index in [0.29, 0.717) is 10.6 Å². The zero-order valence-corrected chi connectivity index (χ0v) is 9.07. The molecule has 1 aromatic carbocycles. The van der Waals surface area contributed by atoms with E-state index in [1.165, 1.54) is 0 Å². The quantitative estimate of drug-likeness (QED) is 0.808. The first kappa shape index (κ1) is 10.4. The smallest absolute Gasteiger partial charge is 0.0956 e. The minimum absolute atomic E-state index is 0.175. The maximum Gasteiger partial charge on any atom is 0.0956 e. The maximum absolute atomic E-state index is 9.60. The van der Waals surface area contributed by atoms with Gasteiger partial charge in [0.05, 0.1) is 28.5 Å². The number of imidazole rings is 1. The Morgan fingerprint density at radius 2 is 2.33 bits per heavy atom. The summed E-state index contributed by atoms with van der Waals surface area (Å²) in [6.45, 7) is 0.175. The topological polar surface area (TPSA) is 64.1 Å². The summed E-state index contributed by atoms with van der Waals surface area (Å²) in [5.74, 6) is 0. The van der Waals surface area contributed by atoms with Crippen LogP contribution in [0.2, 0.25) is 5.02 Å². The Labute approximate surface area is 92.3 Å². The highest BCUT2D eigenvalue weighted by Crippen LogP contribution is 2.26. The predicted molar refractivity (Wildman–Crippen MR) is 59.7 cm³/mol. The van der Waals surface area contributed by atoms with Crippen LogP contribution in [0.1, 0.15) is 11.7 Å². The van der Waals surface area contributed by atoms with Crippen molar-refractivity contribution in [2.75, 3.05) is 6.54 Å². The zero-order chi connectivity index (χ0) is 11.0. The fourth-order valence-electron chi connectivity index (χ4n) is 1.59. The molecule has 0 saturated carbocycles. The third-order valence-electron chi connectivity index (χ3n) is 2.40. The minimum Gasteiger partial charge on any atom is -0.387 e. The van der Waals surface area contributed by atoms with Gasteiger partial charge in [-0.05, 0) is 17.7 Å². The molecule has 0 amide bonds. The van der Waals surface area contributed by atoms with Crippen LogP contribution in [-0.4, -0.2) is 21.2 Å². The molecule has 0 bridgehead atoms. The Balaban J connectivity index is 2.63. The number of aromatic nitrogens is 2. The van der Waals surface area contributed by atoms with E-state index in [9.17, 15) is 5.11 Å². The Kier molecular flexibility index (Phi) is 2.65. The lowest BCUT2D eigenvalue weighted by Gasteiger charge is -2.09. The molecule has 0 saturated heterocycles. The molecule has 1 atom stereocenters. The summed E-state index contributed by atoms with van der Waals surface area (Å²) in [5.41, 5.74) is 7.72. The molecule has 0 aliphatic rings. The number of aliphatic hydroxyl groups excluding tert-OH is 1. The molecule has 0 radical (unpaired) electrons. The van der Waals surface area contributed by atoms with Crippen molar-refractivity contribution in [2.45, 2.75) is 6.10 Å². The van der Waals surface area contributed by atoms with Crippen molar-refractivity contribution in [3.8, 4) is 0 Å². The van der Waals surface area contributed by atoms with Gasteiger partial charge in [0.2, 0.25) is 0 Å². The number of hydrogen-bond acceptors (Lipinski definition) is 3. The lowest BCUT2D eigenvalue weighted by Crippen LogP contribution is -2.11. The number of aliphatic hydroxyl groups is 1. The van der Waals surface area contributed by atoms with Gasteiger partial charge in [-0.15, -0.1) is 0 Å². The highest BCUT2D eigenvalue weighted by atomic mass is 35.5. The normalized spacial score (nSPS) is 13.3. The molecule has 1 heterocycles. The van der Waals surface area contributed by atoms with Gasteiger partial charge in [0.15, 0.2) is 0 Å². The van der Waals surface area contributed by atoms with Crippen LogP contribution in [0.25, 0.3) is 11.0 Å². The second kappa shape index (κ2) is 3.81. The van der Waals surface area contributed by atoms with Crippen molar-refractivity contribution in [2.24, 2.45) is 12.8 Å². The second-order valence-electron chi connectivity index (χ2n) is 3.48. The Bertz CT molecular complexity index is 495. The van der Waals surface area contributed by atoms with Crippen LogP contribution < -0.4 is 5.73 Å². The van der Waals surface area contributed by atoms with Crippen LogP contribution in [-0.2, 0) is 7.05 Å². The van der Waals surface area contributed by atoms with E-state index in [1.54, 1.807) is 18.5 Å². The van der Waals surface area contributed by atoms with Crippen LogP contribution in [0.4, 0.5) is 0 Å². The Morgan fingerprint density at radius 1 is 1.60 bits per heavy atom. The van der Waals surface area contributed by atoms with E-state index >= 15 is 0 Å². The van der Waals surface area contributed by atoms with E-state index in [2.05, 4.69) is 4.98 Å². The van der Waals surface area contributed by atoms with Gasteiger partial charge in [-0.25, -0.2) is 4.98 Å². The highest BCUT2D eigenvalue weighted by Gasteiger charge is 2.11. The SMILES string of the molecule is Cn1cnc2cc(C(O)CN)cc(Cl)c21. The first-order valence-electron chi connectivity index (χ1n) is 4.62. The lowest BCUT2D eigenvalue weighted by molar-refractivity contribution is 0.187. The van der Waals surface area contributed by atoms with Gasteiger partial charge in [0.1, 0.15) is 0 Å². The number of halogens is 1.